The minimum atomic E-state index is -0.125. The van der Waals surface area contributed by atoms with E-state index in [4.69, 9.17) is 5.73 Å². The fourth-order valence-electron chi connectivity index (χ4n) is 2.31. The molecule has 0 amide bonds. The van der Waals surface area contributed by atoms with Crippen LogP contribution in [0.25, 0.3) is 10.8 Å². The van der Waals surface area contributed by atoms with Crippen molar-refractivity contribution in [3.63, 3.8) is 0 Å². The highest BCUT2D eigenvalue weighted by atomic mass is 14.8. The molecule has 2 aromatic carbocycles. The summed E-state index contributed by atoms with van der Waals surface area (Å²) in [6, 6.07) is 14.5. The molecule has 3 nitrogen and oxygen atoms in total. The number of nitrogens with two attached hydrogens (primary N) is 1. The van der Waals surface area contributed by atoms with E-state index >= 15 is 0 Å². The molecule has 0 aliphatic heterocycles. The lowest BCUT2D eigenvalue weighted by Gasteiger charge is -2.12. The van der Waals surface area contributed by atoms with Gasteiger partial charge in [-0.05, 0) is 22.8 Å². The van der Waals surface area contributed by atoms with Crippen LogP contribution in [0.2, 0.25) is 0 Å². The van der Waals surface area contributed by atoms with E-state index in [1.54, 1.807) is 18.6 Å². The van der Waals surface area contributed by atoms with Crippen LogP contribution in [0.15, 0.2) is 61.1 Å². The summed E-state index contributed by atoms with van der Waals surface area (Å²) in [6.07, 6.45) is 5.84. The molecule has 0 fully saturated rings. The molecular formula is C16H15N3. The maximum absolute atomic E-state index is 6.22. The quantitative estimate of drug-likeness (QED) is 0.776. The van der Waals surface area contributed by atoms with Gasteiger partial charge in [0.25, 0.3) is 0 Å². The van der Waals surface area contributed by atoms with Gasteiger partial charge in [-0.1, -0.05) is 42.5 Å². The van der Waals surface area contributed by atoms with Crippen molar-refractivity contribution < 1.29 is 0 Å². The van der Waals surface area contributed by atoms with Crippen LogP contribution in [0.4, 0.5) is 0 Å². The van der Waals surface area contributed by atoms with Gasteiger partial charge in [-0.25, -0.2) is 0 Å². The number of nitrogens with zero attached hydrogens (tertiary/aromatic N) is 2. The molecule has 0 aliphatic carbocycles. The van der Waals surface area contributed by atoms with Crippen LogP contribution < -0.4 is 5.73 Å². The molecule has 1 heterocycles. The summed E-state index contributed by atoms with van der Waals surface area (Å²) in [5.41, 5.74) is 8.29. The first-order chi connectivity index (χ1) is 9.34. The van der Waals surface area contributed by atoms with Crippen LogP contribution in [-0.4, -0.2) is 9.97 Å². The molecule has 3 heteroatoms. The highest BCUT2D eigenvalue weighted by molar-refractivity contribution is 5.85. The molecule has 0 spiro atoms. The average molecular weight is 249 g/mol. The normalized spacial score (nSPS) is 12.5. The van der Waals surface area contributed by atoms with Crippen molar-refractivity contribution in [2.75, 3.05) is 0 Å². The van der Waals surface area contributed by atoms with Crippen LogP contribution in [0.1, 0.15) is 17.3 Å². The van der Waals surface area contributed by atoms with Crippen LogP contribution in [0, 0.1) is 0 Å². The summed E-state index contributed by atoms with van der Waals surface area (Å²) in [5, 5.41) is 2.50. The van der Waals surface area contributed by atoms with E-state index in [0.29, 0.717) is 0 Å². The third kappa shape index (κ3) is 2.46. The average Bonchev–Trinajstić information content (AvgIpc) is 2.48. The Morgan fingerprint density at radius 1 is 1.00 bits per heavy atom. The van der Waals surface area contributed by atoms with Crippen LogP contribution in [-0.2, 0) is 6.42 Å². The molecular weight excluding hydrogens is 234 g/mol. The summed E-state index contributed by atoms with van der Waals surface area (Å²) in [5.74, 6) is 0. The first kappa shape index (κ1) is 11.8. The Balaban J connectivity index is 1.94. The highest BCUT2D eigenvalue weighted by Gasteiger charge is 2.10. The standard InChI is InChI=1S/C16H15N3/c17-15(16-11-18-8-9-19-16)10-13-6-3-5-12-4-1-2-7-14(12)13/h1-9,11,15H,10,17H2. The van der Waals surface area contributed by atoms with Crippen molar-refractivity contribution in [1.82, 2.24) is 9.97 Å². The lowest BCUT2D eigenvalue weighted by molar-refractivity contribution is 0.694. The molecule has 0 aliphatic rings. The van der Waals surface area contributed by atoms with Gasteiger partial charge in [-0.2, -0.15) is 0 Å². The van der Waals surface area contributed by atoms with E-state index in [0.717, 1.165) is 12.1 Å². The number of rotatable bonds is 3. The zero-order chi connectivity index (χ0) is 13.1. The molecule has 0 bridgehead atoms. The Hall–Kier alpha value is -2.26. The Bertz CT molecular complexity index is 674. The maximum Gasteiger partial charge on any atom is 0.0757 e. The van der Waals surface area contributed by atoms with Gasteiger partial charge in [-0.15, -0.1) is 0 Å². The first-order valence-corrected chi connectivity index (χ1v) is 6.33. The summed E-state index contributed by atoms with van der Waals surface area (Å²) in [7, 11) is 0. The van der Waals surface area contributed by atoms with E-state index in [9.17, 15) is 0 Å². The van der Waals surface area contributed by atoms with Gasteiger partial charge in [0.1, 0.15) is 0 Å². The zero-order valence-electron chi connectivity index (χ0n) is 10.5. The van der Waals surface area contributed by atoms with Crippen LogP contribution >= 0.6 is 0 Å². The van der Waals surface area contributed by atoms with Crippen LogP contribution in [0.3, 0.4) is 0 Å². The fourth-order valence-corrected chi connectivity index (χ4v) is 2.31. The predicted molar refractivity (Wildman–Crippen MR) is 76.6 cm³/mol. The van der Waals surface area contributed by atoms with E-state index < -0.39 is 0 Å². The molecule has 2 N–H and O–H groups in total. The van der Waals surface area contributed by atoms with E-state index in [2.05, 4.69) is 52.4 Å². The summed E-state index contributed by atoms with van der Waals surface area (Å²) in [4.78, 5) is 8.33. The van der Waals surface area contributed by atoms with Crippen molar-refractivity contribution in [1.29, 1.82) is 0 Å². The lowest BCUT2D eigenvalue weighted by atomic mass is 9.98. The molecule has 0 radical (unpaired) electrons. The molecule has 1 unspecified atom stereocenters. The molecule has 94 valence electrons. The van der Waals surface area contributed by atoms with Crippen molar-refractivity contribution in [3.05, 3.63) is 72.3 Å². The van der Waals surface area contributed by atoms with Gasteiger partial charge in [-0.3, -0.25) is 9.97 Å². The second-order valence-electron chi connectivity index (χ2n) is 4.58. The predicted octanol–water partition coefficient (Wildman–Crippen LogP) is 2.87. The van der Waals surface area contributed by atoms with Crippen molar-refractivity contribution in [3.8, 4) is 0 Å². The Morgan fingerprint density at radius 3 is 2.68 bits per heavy atom. The van der Waals surface area contributed by atoms with Gasteiger partial charge < -0.3 is 5.73 Å². The number of hydrogen-bond donors (Lipinski definition) is 1. The topological polar surface area (TPSA) is 51.8 Å². The van der Waals surface area contributed by atoms with Gasteiger partial charge >= 0.3 is 0 Å². The number of fused-ring (bicyclic) bond motifs is 1. The van der Waals surface area contributed by atoms with Gasteiger partial charge in [0.05, 0.1) is 11.7 Å². The Labute approximate surface area is 112 Å². The molecule has 3 rings (SSSR count). The fraction of sp³-hybridized carbons (Fsp3) is 0.125. The van der Waals surface area contributed by atoms with Crippen molar-refractivity contribution in [2.45, 2.75) is 12.5 Å². The summed E-state index contributed by atoms with van der Waals surface area (Å²) < 4.78 is 0. The Kier molecular flexibility index (Phi) is 3.21. The number of hydrogen-bond acceptors (Lipinski definition) is 3. The second kappa shape index (κ2) is 5.16. The number of benzene rings is 2. The Morgan fingerprint density at radius 2 is 1.84 bits per heavy atom. The smallest absolute Gasteiger partial charge is 0.0757 e. The molecule has 0 saturated carbocycles. The zero-order valence-corrected chi connectivity index (χ0v) is 10.5. The van der Waals surface area contributed by atoms with Crippen molar-refractivity contribution >= 4 is 10.8 Å². The van der Waals surface area contributed by atoms with Gasteiger partial charge in [0.15, 0.2) is 0 Å². The maximum atomic E-state index is 6.22. The second-order valence-corrected chi connectivity index (χ2v) is 4.58. The third-order valence-electron chi connectivity index (χ3n) is 3.28. The van der Waals surface area contributed by atoms with Gasteiger partial charge in [0.2, 0.25) is 0 Å². The molecule has 3 aromatic rings. The largest absolute Gasteiger partial charge is 0.322 e. The van der Waals surface area contributed by atoms with Crippen molar-refractivity contribution in [2.24, 2.45) is 5.73 Å². The SMILES string of the molecule is NC(Cc1cccc2ccccc12)c1cnccn1. The minimum Gasteiger partial charge on any atom is -0.322 e. The minimum absolute atomic E-state index is 0.125. The van der Waals surface area contributed by atoms with E-state index in [1.807, 2.05) is 0 Å². The molecule has 0 saturated heterocycles. The molecule has 1 aromatic heterocycles. The first-order valence-electron chi connectivity index (χ1n) is 6.33. The third-order valence-corrected chi connectivity index (χ3v) is 3.28. The van der Waals surface area contributed by atoms with Gasteiger partial charge in [0, 0.05) is 18.6 Å². The monoisotopic (exact) mass is 249 g/mol. The van der Waals surface area contributed by atoms with Crippen LogP contribution in [0.5, 0.6) is 0 Å². The molecule has 1 atom stereocenters. The summed E-state index contributed by atoms with van der Waals surface area (Å²) in [6.45, 7) is 0. The summed E-state index contributed by atoms with van der Waals surface area (Å²) >= 11 is 0. The van der Waals surface area contributed by atoms with E-state index in [1.165, 1.54) is 16.3 Å². The lowest BCUT2D eigenvalue weighted by Crippen LogP contribution is -2.15. The molecule has 19 heavy (non-hydrogen) atoms. The highest BCUT2D eigenvalue weighted by Crippen LogP contribution is 2.22. The van der Waals surface area contributed by atoms with E-state index in [-0.39, 0.29) is 6.04 Å². The number of aromatic nitrogens is 2.